The van der Waals surface area contributed by atoms with Crippen molar-refractivity contribution in [1.29, 1.82) is 0 Å². The van der Waals surface area contributed by atoms with E-state index in [0.717, 1.165) is 32.3 Å². The molecule has 1 N–H and O–H groups in total. The second-order valence-corrected chi connectivity index (χ2v) is 5.60. The maximum atomic E-state index is 12.2. The van der Waals surface area contributed by atoms with Crippen molar-refractivity contribution in [2.24, 2.45) is 0 Å². The zero-order chi connectivity index (χ0) is 15.8. The van der Waals surface area contributed by atoms with Gasteiger partial charge in [0.15, 0.2) is 0 Å². The van der Waals surface area contributed by atoms with Gasteiger partial charge in [0.25, 0.3) is 5.91 Å². The van der Waals surface area contributed by atoms with E-state index >= 15 is 0 Å². The zero-order valence-electron chi connectivity index (χ0n) is 13.0. The summed E-state index contributed by atoms with van der Waals surface area (Å²) in [6.45, 7) is 3.13. The second kappa shape index (κ2) is 8.45. The molecule has 1 fully saturated rings. The summed E-state index contributed by atoms with van der Waals surface area (Å²) in [6, 6.07) is 7.13. The maximum Gasteiger partial charge on any atom is 0.251 e. The predicted octanol–water partition coefficient (Wildman–Crippen LogP) is 2.78. The van der Waals surface area contributed by atoms with Gasteiger partial charge in [-0.2, -0.15) is 0 Å². The van der Waals surface area contributed by atoms with E-state index < -0.39 is 0 Å². The van der Waals surface area contributed by atoms with Gasteiger partial charge in [0.05, 0.1) is 6.10 Å². The number of terminal acetylenes is 1. The van der Waals surface area contributed by atoms with E-state index in [4.69, 9.17) is 15.9 Å². The number of ether oxygens (including phenoxy) is 2. The molecule has 0 aliphatic carbocycles. The number of carbonyl (C=O) groups is 1. The first kappa shape index (κ1) is 16.4. The molecule has 1 aliphatic rings. The molecule has 4 heteroatoms. The highest BCUT2D eigenvalue weighted by molar-refractivity contribution is 5.94. The number of carbonyl (C=O) groups excluding carboxylic acids is 1. The minimum absolute atomic E-state index is 0.0664. The molecular formula is C18H23NO3. The smallest absolute Gasteiger partial charge is 0.251 e. The molecule has 0 unspecified atom stereocenters. The van der Waals surface area contributed by atoms with Crippen LogP contribution in [0.15, 0.2) is 24.3 Å². The van der Waals surface area contributed by atoms with Crippen LogP contribution in [0.1, 0.15) is 43.0 Å². The Hall–Kier alpha value is -1.99. The Kier molecular flexibility index (Phi) is 6.29. The Balaban J connectivity index is 1.76. The molecule has 0 saturated carbocycles. The molecule has 0 radical (unpaired) electrons. The summed E-state index contributed by atoms with van der Waals surface area (Å²) >= 11 is 0. The molecule has 1 saturated heterocycles. The van der Waals surface area contributed by atoms with Crippen molar-refractivity contribution in [1.82, 2.24) is 5.32 Å². The quantitative estimate of drug-likeness (QED) is 0.788. The van der Waals surface area contributed by atoms with Gasteiger partial charge < -0.3 is 14.8 Å². The fourth-order valence-corrected chi connectivity index (χ4v) is 2.51. The molecule has 4 nitrogen and oxygen atoms in total. The molecule has 0 bridgehead atoms. The van der Waals surface area contributed by atoms with Gasteiger partial charge in [0, 0.05) is 18.2 Å². The summed E-state index contributed by atoms with van der Waals surface area (Å²) in [5, 5.41) is 3.02. The van der Waals surface area contributed by atoms with Gasteiger partial charge in [0.1, 0.15) is 12.4 Å². The molecule has 2 rings (SSSR count). The van der Waals surface area contributed by atoms with E-state index in [1.165, 1.54) is 0 Å². The topological polar surface area (TPSA) is 47.6 Å². The van der Waals surface area contributed by atoms with Gasteiger partial charge in [-0.15, -0.1) is 6.42 Å². The first-order valence-corrected chi connectivity index (χ1v) is 7.78. The Bertz CT molecular complexity index is 512. The van der Waals surface area contributed by atoms with Gasteiger partial charge in [0.2, 0.25) is 0 Å². The van der Waals surface area contributed by atoms with Crippen molar-refractivity contribution >= 4 is 5.91 Å². The third-order valence-corrected chi connectivity index (χ3v) is 3.76. The fraction of sp³-hybridized carbons (Fsp3) is 0.500. The largest absolute Gasteiger partial charge is 0.481 e. The van der Waals surface area contributed by atoms with Crippen LogP contribution in [-0.4, -0.2) is 31.3 Å². The highest BCUT2D eigenvalue weighted by Crippen LogP contribution is 2.18. The van der Waals surface area contributed by atoms with Crippen LogP contribution in [0.3, 0.4) is 0 Å². The summed E-state index contributed by atoms with van der Waals surface area (Å²) in [6.07, 6.45) is 9.72. The van der Waals surface area contributed by atoms with Crippen molar-refractivity contribution in [3.8, 4) is 18.1 Å². The normalized spacial score (nSPS) is 18.5. The lowest BCUT2D eigenvalue weighted by atomic mass is 10.1. The Morgan fingerprint density at radius 3 is 2.91 bits per heavy atom. The van der Waals surface area contributed by atoms with E-state index in [9.17, 15) is 4.79 Å². The van der Waals surface area contributed by atoms with Crippen LogP contribution in [0.2, 0.25) is 0 Å². The van der Waals surface area contributed by atoms with E-state index in [1.54, 1.807) is 24.3 Å². The van der Waals surface area contributed by atoms with Crippen molar-refractivity contribution in [2.75, 3.05) is 13.2 Å². The van der Waals surface area contributed by atoms with Crippen molar-refractivity contribution in [2.45, 2.75) is 44.8 Å². The number of hydrogen-bond donors (Lipinski definition) is 1. The first-order chi connectivity index (χ1) is 10.7. The van der Waals surface area contributed by atoms with Crippen molar-refractivity contribution in [3.63, 3.8) is 0 Å². The fourth-order valence-electron chi connectivity index (χ4n) is 2.51. The van der Waals surface area contributed by atoms with Gasteiger partial charge in [-0.05, 0) is 56.9 Å². The lowest BCUT2D eigenvalue weighted by molar-refractivity contribution is 0.0899. The average molecular weight is 301 g/mol. The number of nitrogens with one attached hydrogen (secondary N) is 1. The van der Waals surface area contributed by atoms with E-state index in [2.05, 4.69) is 11.2 Å². The van der Waals surface area contributed by atoms with Crippen LogP contribution < -0.4 is 10.1 Å². The molecule has 22 heavy (non-hydrogen) atoms. The standard InChI is InChI=1S/C18H23NO3/c1-3-12-21-17-10-7-15(8-11-17)18(20)19-14(2)6-9-16-5-4-13-22-16/h1,7-8,10-11,14,16H,4-6,9,12-13H2,2H3,(H,19,20)/t14-,16-/m1/s1. The Morgan fingerprint density at radius 2 is 2.27 bits per heavy atom. The highest BCUT2D eigenvalue weighted by Gasteiger charge is 2.17. The van der Waals surface area contributed by atoms with Crippen LogP contribution >= 0.6 is 0 Å². The molecule has 1 aromatic rings. The molecule has 1 aliphatic heterocycles. The molecule has 118 valence electrons. The van der Waals surface area contributed by atoms with Crippen LogP contribution in [0.5, 0.6) is 5.75 Å². The van der Waals surface area contributed by atoms with Crippen LogP contribution in [0.4, 0.5) is 0 Å². The van der Waals surface area contributed by atoms with Gasteiger partial charge in [-0.25, -0.2) is 0 Å². The third-order valence-electron chi connectivity index (χ3n) is 3.76. The van der Waals surface area contributed by atoms with Crippen molar-refractivity contribution in [3.05, 3.63) is 29.8 Å². The van der Waals surface area contributed by atoms with Crippen molar-refractivity contribution < 1.29 is 14.3 Å². The van der Waals surface area contributed by atoms with Gasteiger partial charge >= 0.3 is 0 Å². The minimum atomic E-state index is -0.0664. The highest BCUT2D eigenvalue weighted by atomic mass is 16.5. The Labute approximate surface area is 132 Å². The second-order valence-electron chi connectivity index (χ2n) is 5.60. The van der Waals surface area contributed by atoms with E-state index in [0.29, 0.717) is 17.4 Å². The lowest BCUT2D eigenvalue weighted by Crippen LogP contribution is -2.33. The molecule has 0 spiro atoms. The Morgan fingerprint density at radius 1 is 1.50 bits per heavy atom. The maximum absolute atomic E-state index is 12.2. The molecule has 1 aromatic carbocycles. The SMILES string of the molecule is C#CCOc1ccc(C(=O)N[C@H](C)CC[C@H]2CCCO2)cc1. The van der Waals surface area contributed by atoms with Crippen LogP contribution in [-0.2, 0) is 4.74 Å². The lowest BCUT2D eigenvalue weighted by Gasteiger charge is -2.16. The van der Waals surface area contributed by atoms with E-state index in [1.807, 2.05) is 6.92 Å². The van der Waals surface area contributed by atoms with Gasteiger partial charge in [-0.3, -0.25) is 4.79 Å². The van der Waals surface area contributed by atoms with Gasteiger partial charge in [-0.1, -0.05) is 5.92 Å². The van der Waals surface area contributed by atoms with E-state index in [-0.39, 0.29) is 18.6 Å². The summed E-state index contributed by atoms with van der Waals surface area (Å²) in [5.41, 5.74) is 0.622. The minimum Gasteiger partial charge on any atom is -0.481 e. The summed E-state index contributed by atoms with van der Waals surface area (Å²) < 4.78 is 10.9. The molecule has 0 aromatic heterocycles. The summed E-state index contributed by atoms with van der Waals surface area (Å²) in [7, 11) is 0. The average Bonchev–Trinajstić information content (AvgIpc) is 3.05. The number of benzene rings is 1. The number of amides is 1. The monoisotopic (exact) mass is 301 g/mol. The third kappa shape index (κ3) is 5.09. The molecule has 1 amide bonds. The van der Waals surface area contributed by atoms with Crippen LogP contribution in [0, 0.1) is 12.3 Å². The molecular weight excluding hydrogens is 278 g/mol. The number of rotatable bonds is 7. The zero-order valence-corrected chi connectivity index (χ0v) is 13.0. The molecule has 2 atom stereocenters. The summed E-state index contributed by atoms with van der Waals surface area (Å²) in [4.78, 5) is 12.2. The predicted molar refractivity (Wildman–Crippen MR) is 85.9 cm³/mol. The van der Waals surface area contributed by atoms with Crippen LogP contribution in [0.25, 0.3) is 0 Å². The first-order valence-electron chi connectivity index (χ1n) is 7.78. The molecule has 1 heterocycles. The summed E-state index contributed by atoms with van der Waals surface area (Å²) in [5.74, 6) is 3.01. The number of hydrogen-bond acceptors (Lipinski definition) is 3.